The largest absolute Gasteiger partial charge is 0.444 e. The second-order valence-corrected chi connectivity index (χ2v) is 6.53. The second-order valence-electron chi connectivity index (χ2n) is 6.53. The summed E-state index contributed by atoms with van der Waals surface area (Å²) >= 11 is 0. The monoisotopic (exact) mass is 367 g/mol. The van der Waals surface area contributed by atoms with Gasteiger partial charge in [0.1, 0.15) is 5.60 Å². The highest BCUT2D eigenvalue weighted by Gasteiger charge is 2.27. The van der Waals surface area contributed by atoms with Gasteiger partial charge in [0.2, 0.25) is 0 Å². The lowest BCUT2D eigenvalue weighted by Crippen LogP contribution is -2.49. The Labute approximate surface area is 161 Å². The summed E-state index contributed by atoms with van der Waals surface area (Å²) in [5.41, 5.74) is 2.43. The standard InChI is InChI=1S/C17H29N3O2.2C2H6/c1-13(2)14(3)15(12-18-7)19-8-10-20(11-9-19)16(21)22-17(4,5)6;2*1-2/h12,18H,1,3,8-11H2,2,4-7H3;2*1-2H3/b15-12+;;. The third-order valence-corrected chi connectivity index (χ3v) is 3.38. The van der Waals surface area contributed by atoms with E-state index in [2.05, 4.69) is 23.4 Å². The Kier molecular flexibility index (Phi) is 13.5. The van der Waals surface area contributed by atoms with Crippen LogP contribution in [0.1, 0.15) is 55.4 Å². The van der Waals surface area contributed by atoms with E-state index in [0.717, 1.165) is 29.9 Å². The summed E-state index contributed by atoms with van der Waals surface area (Å²) in [7, 11) is 1.86. The molecule has 0 atom stereocenters. The molecule has 1 rings (SSSR count). The van der Waals surface area contributed by atoms with Crippen LogP contribution in [-0.2, 0) is 4.74 Å². The van der Waals surface area contributed by atoms with Crippen molar-refractivity contribution in [2.75, 3.05) is 33.2 Å². The molecule has 1 amide bonds. The summed E-state index contributed by atoms with van der Waals surface area (Å²) in [5, 5.41) is 3.06. The average molecular weight is 368 g/mol. The maximum atomic E-state index is 12.1. The topological polar surface area (TPSA) is 44.8 Å². The van der Waals surface area contributed by atoms with Crippen LogP contribution in [0.3, 0.4) is 0 Å². The molecule has 0 aromatic heterocycles. The molecular weight excluding hydrogens is 326 g/mol. The van der Waals surface area contributed by atoms with Crippen LogP contribution in [0.2, 0.25) is 0 Å². The number of carbonyl (C=O) groups is 1. The SMILES string of the molecule is C=C(C)C(=C)/C(=C\NC)N1CCN(C(=O)OC(C)(C)C)CC1.CC.CC. The van der Waals surface area contributed by atoms with E-state index in [1.165, 1.54) is 0 Å². The maximum absolute atomic E-state index is 12.1. The molecule has 26 heavy (non-hydrogen) atoms. The van der Waals surface area contributed by atoms with Crippen LogP contribution < -0.4 is 5.32 Å². The van der Waals surface area contributed by atoms with Crippen LogP contribution >= 0.6 is 0 Å². The highest BCUT2D eigenvalue weighted by molar-refractivity contribution is 5.68. The summed E-state index contributed by atoms with van der Waals surface area (Å²) in [6, 6.07) is 0. The number of allylic oxidation sites excluding steroid dienone is 1. The lowest BCUT2D eigenvalue weighted by molar-refractivity contribution is 0.0170. The molecule has 152 valence electrons. The predicted molar refractivity (Wildman–Crippen MR) is 113 cm³/mol. The van der Waals surface area contributed by atoms with E-state index < -0.39 is 5.60 Å². The predicted octanol–water partition coefficient (Wildman–Crippen LogP) is 4.78. The molecule has 1 N–H and O–H groups in total. The van der Waals surface area contributed by atoms with Crippen molar-refractivity contribution in [2.45, 2.75) is 61.0 Å². The number of rotatable bonds is 4. The molecule has 0 radical (unpaired) electrons. The van der Waals surface area contributed by atoms with E-state index in [1.54, 1.807) is 4.90 Å². The van der Waals surface area contributed by atoms with Gasteiger partial charge in [-0.2, -0.15) is 0 Å². The molecule has 1 aliphatic heterocycles. The van der Waals surface area contributed by atoms with Crippen LogP contribution in [0, 0.1) is 0 Å². The van der Waals surface area contributed by atoms with Gasteiger partial charge in [0, 0.05) is 39.4 Å². The zero-order valence-electron chi connectivity index (χ0n) is 18.5. The molecule has 5 heteroatoms. The molecule has 1 aliphatic rings. The number of hydrogen-bond acceptors (Lipinski definition) is 4. The van der Waals surface area contributed by atoms with Gasteiger partial charge in [-0.1, -0.05) is 40.9 Å². The fraction of sp³-hybridized carbons (Fsp3) is 0.667. The first-order valence-electron chi connectivity index (χ1n) is 9.61. The Bertz CT molecular complexity index is 468. The van der Waals surface area contributed by atoms with Crippen molar-refractivity contribution in [3.63, 3.8) is 0 Å². The first-order valence-corrected chi connectivity index (χ1v) is 9.61. The van der Waals surface area contributed by atoms with Gasteiger partial charge >= 0.3 is 6.09 Å². The van der Waals surface area contributed by atoms with Crippen molar-refractivity contribution in [2.24, 2.45) is 0 Å². The van der Waals surface area contributed by atoms with E-state index in [-0.39, 0.29) is 6.09 Å². The number of amides is 1. The Hall–Kier alpha value is -1.91. The van der Waals surface area contributed by atoms with E-state index in [4.69, 9.17) is 4.74 Å². The first kappa shape index (κ1) is 26.3. The molecule has 1 fully saturated rings. The van der Waals surface area contributed by atoms with Gasteiger partial charge in [-0.15, -0.1) is 0 Å². The van der Waals surface area contributed by atoms with Crippen LogP contribution in [-0.4, -0.2) is 54.7 Å². The number of ether oxygens (including phenoxy) is 1. The van der Waals surface area contributed by atoms with E-state index in [9.17, 15) is 4.79 Å². The molecule has 1 saturated heterocycles. The highest BCUT2D eigenvalue weighted by atomic mass is 16.6. The number of carbonyl (C=O) groups excluding carboxylic acids is 1. The second kappa shape index (κ2) is 13.3. The zero-order chi connectivity index (χ0) is 20.9. The van der Waals surface area contributed by atoms with Crippen LogP contribution in [0.5, 0.6) is 0 Å². The van der Waals surface area contributed by atoms with Crippen molar-refractivity contribution in [1.29, 1.82) is 0 Å². The number of nitrogens with one attached hydrogen (secondary N) is 1. The van der Waals surface area contributed by atoms with Crippen molar-refractivity contribution in [3.05, 3.63) is 36.2 Å². The highest BCUT2D eigenvalue weighted by Crippen LogP contribution is 2.21. The zero-order valence-corrected chi connectivity index (χ0v) is 18.5. The van der Waals surface area contributed by atoms with E-state index in [1.807, 2.05) is 68.6 Å². The van der Waals surface area contributed by atoms with E-state index >= 15 is 0 Å². The number of nitrogens with zero attached hydrogens (tertiary/aromatic N) is 2. The number of hydrogen-bond donors (Lipinski definition) is 1. The van der Waals surface area contributed by atoms with Gasteiger partial charge < -0.3 is 19.9 Å². The molecule has 0 aromatic carbocycles. The lowest BCUT2D eigenvalue weighted by Gasteiger charge is -2.38. The van der Waals surface area contributed by atoms with Crippen molar-refractivity contribution in [3.8, 4) is 0 Å². The molecule has 0 saturated carbocycles. The van der Waals surface area contributed by atoms with Gasteiger partial charge in [-0.3, -0.25) is 0 Å². The van der Waals surface area contributed by atoms with Crippen LogP contribution in [0.15, 0.2) is 36.2 Å². The maximum Gasteiger partial charge on any atom is 0.410 e. The Balaban J connectivity index is 0. The Morgan fingerprint density at radius 2 is 1.42 bits per heavy atom. The molecular formula is C21H41N3O2. The normalized spacial score (nSPS) is 14.3. The fourth-order valence-corrected chi connectivity index (χ4v) is 2.18. The quantitative estimate of drug-likeness (QED) is 0.726. The third-order valence-electron chi connectivity index (χ3n) is 3.38. The van der Waals surface area contributed by atoms with Gasteiger partial charge in [-0.25, -0.2) is 4.79 Å². The minimum atomic E-state index is -0.459. The number of piperazine rings is 1. The molecule has 0 aromatic rings. The van der Waals surface area contributed by atoms with Crippen molar-refractivity contribution < 1.29 is 9.53 Å². The van der Waals surface area contributed by atoms with Crippen LogP contribution in [0.25, 0.3) is 0 Å². The summed E-state index contributed by atoms with van der Waals surface area (Å²) in [6.07, 6.45) is 1.69. The fourth-order valence-electron chi connectivity index (χ4n) is 2.18. The van der Waals surface area contributed by atoms with Gasteiger partial charge in [0.25, 0.3) is 0 Å². The van der Waals surface area contributed by atoms with Gasteiger partial charge in [0.15, 0.2) is 0 Å². The molecule has 0 aliphatic carbocycles. The molecule has 0 bridgehead atoms. The molecule has 0 unspecified atom stereocenters. The molecule has 1 heterocycles. The summed E-state index contributed by atoms with van der Waals surface area (Å²) in [6.45, 7) is 26.4. The minimum absolute atomic E-state index is 0.245. The smallest absolute Gasteiger partial charge is 0.410 e. The van der Waals surface area contributed by atoms with Gasteiger partial charge in [-0.05, 0) is 38.8 Å². The minimum Gasteiger partial charge on any atom is -0.444 e. The van der Waals surface area contributed by atoms with Crippen molar-refractivity contribution in [1.82, 2.24) is 15.1 Å². The summed E-state index contributed by atoms with van der Waals surface area (Å²) < 4.78 is 5.42. The third kappa shape index (κ3) is 9.54. The molecule has 5 nitrogen and oxygen atoms in total. The van der Waals surface area contributed by atoms with E-state index in [0.29, 0.717) is 13.1 Å². The summed E-state index contributed by atoms with van der Waals surface area (Å²) in [5.74, 6) is 0. The average Bonchev–Trinajstić information content (AvgIpc) is 2.61. The Morgan fingerprint density at radius 1 is 1.00 bits per heavy atom. The lowest BCUT2D eigenvalue weighted by atomic mass is 10.1. The summed E-state index contributed by atoms with van der Waals surface area (Å²) in [4.78, 5) is 16.1. The van der Waals surface area contributed by atoms with Gasteiger partial charge in [0.05, 0.1) is 5.70 Å². The first-order chi connectivity index (χ1) is 12.2. The molecule has 0 spiro atoms. The van der Waals surface area contributed by atoms with Crippen molar-refractivity contribution >= 4 is 6.09 Å². The Morgan fingerprint density at radius 3 is 1.77 bits per heavy atom. The van der Waals surface area contributed by atoms with Crippen LogP contribution in [0.4, 0.5) is 4.79 Å².